The first kappa shape index (κ1) is 15.7. The van der Waals surface area contributed by atoms with Gasteiger partial charge in [-0.15, -0.1) is 0 Å². The summed E-state index contributed by atoms with van der Waals surface area (Å²) in [6.45, 7) is 7.99. The summed E-state index contributed by atoms with van der Waals surface area (Å²) >= 11 is 0. The maximum atomic E-state index is 5.87. The Bertz CT molecular complexity index is 301. The van der Waals surface area contributed by atoms with Crippen molar-refractivity contribution >= 4 is 0 Å². The van der Waals surface area contributed by atoms with E-state index in [4.69, 9.17) is 9.47 Å². The molecule has 4 heteroatoms. The third kappa shape index (κ3) is 4.19. The summed E-state index contributed by atoms with van der Waals surface area (Å²) in [4.78, 5) is 2.68. The lowest BCUT2D eigenvalue weighted by atomic mass is 9.82. The highest BCUT2D eigenvalue weighted by atomic mass is 16.6. The van der Waals surface area contributed by atoms with Crippen LogP contribution in [-0.4, -0.2) is 62.5 Å². The Morgan fingerprint density at radius 1 is 1.14 bits per heavy atom. The van der Waals surface area contributed by atoms with Gasteiger partial charge in [-0.2, -0.15) is 0 Å². The fourth-order valence-corrected chi connectivity index (χ4v) is 4.26. The van der Waals surface area contributed by atoms with Crippen molar-refractivity contribution in [2.24, 2.45) is 5.92 Å². The number of nitrogens with zero attached hydrogens (tertiary/aromatic N) is 1. The van der Waals surface area contributed by atoms with Gasteiger partial charge in [-0.3, -0.25) is 4.90 Å². The van der Waals surface area contributed by atoms with Crippen molar-refractivity contribution in [3.63, 3.8) is 0 Å². The summed E-state index contributed by atoms with van der Waals surface area (Å²) in [5, 5.41) is 3.84. The molecule has 3 atom stereocenters. The SMILES string of the molecule is CCC1CNC(C2CCCCC2)CN1CC1COCCO1. The van der Waals surface area contributed by atoms with Gasteiger partial charge in [0.2, 0.25) is 0 Å². The summed E-state index contributed by atoms with van der Waals surface area (Å²) in [7, 11) is 0. The first-order valence-corrected chi connectivity index (χ1v) is 9.03. The van der Waals surface area contributed by atoms with Crippen LogP contribution in [0.3, 0.4) is 0 Å². The van der Waals surface area contributed by atoms with Crippen LogP contribution in [0, 0.1) is 5.92 Å². The van der Waals surface area contributed by atoms with E-state index < -0.39 is 0 Å². The molecule has 0 amide bonds. The van der Waals surface area contributed by atoms with E-state index in [2.05, 4.69) is 17.1 Å². The molecular weight excluding hydrogens is 264 g/mol. The van der Waals surface area contributed by atoms with Gasteiger partial charge in [0.05, 0.1) is 25.9 Å². The highest BCUT2D eigenvalue weighted by Crippen LogP contribution is 2.29. The zero-order valence-electron chi connectivity index (χ0n) is 13.6. The smallest absolute Gasteiger partial charge is 0.0936 e. The average molecular weight is 296 g/mol. The summed E-state index contributed by atoms with van der Waals surface area (Å²) in [6.07, 6.45) is 8.64. The third-order valence-corrected chi connectivity index (χ3v) is 5.58. The van der Waals surface area contributed by atoms with Crippen LogP contribution in [0.5, 0.6) is 0 Å². The molecule has 1 saturated carbocycles. The van der Waals surface area contributed by atoms with E-state index in [1.807, 2.05) is 0 Å². The minimum atomic E-state index is 0.276. The molecule has 2 aliphatic heterocycles. The third-order valence-electron chi connectivity index (χ3n) is 5.58. The number of ether oxygens (including phenoxy) is 2. The van der Waals surface area contributed by atoms with Crippen LogP contribution in [0.1, 0.15) is 45.4 Å². The van der Waals surface area contributed by atoms with Gasteiger partial charge in [0.25, 0.3) is 0 Å². The maximum absolute atomic E-state index is 5.87. The Hall–Kier alpha value is -0.160. The van der Waals surface area contributed by atoms with Gasteiger partial charge < -0.3 is 14.8 Å². The largest absolute Gasteiger partial charge is 0.376 e. The lowest BCUT2D eigenvalue weighted by Gasteiger charge is -2.45. The van der Waals surface area contributed by atoms with E-state index in [0.717, 1.165) is 38.8 Å². The topological polar surface area (TPSA) is 33.7 Å². The van der Waals surface area contributed by atoms with Gasteiger partial charge >= 0.3 is 0 Å². The molecule has 122 valence electrons. The first-order chi connectivity index (χ1) is 10.4. The summed E-state index contributed by atoms with van der Waals surface area (Å²) in [5.41, 5.74) is 0. The lowest BCUT2D eigenvalue weighted by molar-refractivity contribution is -0.104. The lowest BCUT2D eigenvalue weighted by Crippen LogP contribution is -2.60. The second-order valence-corrected chi connectivity index (χ2v) is 7.00. The molecule has 4 nitrogen and oxygen atoms in total. The Morgan fingerprint density at radius 3 is 2.71 bits per heavy atom. The molecule has 3 unspecified atom stereocenters. The van der Waals surface area contributed by atoms with E-state index in [1.165, 1.54) is 45.1 Å². The molecule has 3 rings (SSSR count). The quantitative estimate of drug-likeness (QED) is 0.861. The molecule has 3 aliphatic rings. The summed E-state index contributed by atoms with van der Waals surface area (Å²) in [5.74, 6) is 0.891. The van der Waals surface area contributed by atoms with E-state index in [-0.39, 0.29) is 6.10 Å². The molecule has 1 aliphatic carbocycles. The van der Waals surface area contributed by atoms with E-state index in [0.29, 0.717) is 12.1 Å². The second kappa shape index (κ2) is 7.91. The Kier molecular flexibility index (Phi) is 5.92. The van der Waals surface area contributed by atoms with Gasteiger partial charge in [0.15, 0.2) is 0 Å². The Balaban J connectivity index is 1.55. The van der Waals surface area contributed by atoms with Crippen LogP contribution >= 0.6 is 0 Å². The molecule has 0 aromatic rings. The van der Waals surface area contributed by atoms with Crippen LogP contribution in [-0.2, 0) is 9.47 Å². The monoisotopic (exact) mass is 296 g/mol. The molecule has 2 saturated heterocycles. The predicted molar refractivity (Wildman–Crippen MR) is 84.6 cm³/mol. The second-order valence-electron chi connectivity index (χ2n) is 7.00. The zero-order valence-corrected chi connectivity index (χ0v) is 13.6. The fourth-order valence-electron chi connectivity index (χ4n) is 4.26. The van der Waals surface area contributed by atoms with Crippen LogP contribution in [0.2, 0.25) is 0 Å². The van der Waals surface area contributed by atoms with Crippen molar-refractivity contribution in [3.05, 3.63) is 0 Å². The Labute approximate surface area is 129 Å². The van der Waals surface area contributed by atoms with Crippen molar-refractivity contribution in [2.75, 3.05) is 39.5 Å². The minimum absolute atomic E-state index is 0.276. The van der Waals surface area contributed by atoms with Crippen LogP contribution < -0.4 is 5.32 Å². The van der Waals surface area contributed by atoms with Gasteiger partial charge in [-0.25, -0.2) is 0 Å². The first-order valence-electron chi connectivity index (χ1n) is 9.03. The highest BCUT2D eigenvalue weighted by molar-refractivity contribution is 4.91. The molecule has 0 radical (unpaired) electrons. The van der Waals surface area contributed by atoms with Crippen molar-refractivity contribution in [1.29, 1.82) is 0 Å². The number of nitrogens with one attached hydrogen (secondary N) is 1. The molecule has 0 aromatic heterocycles. The molecule has 21 heavy (non-hydrogen) atoms. The van der Waals surface area contributed by atoms with Gasteiger partial charge in [0.1, 0.15) is 0 Å². The van der Waals surface area contributed by atoms with Crippen LogP contribution in [0.15, 0.2) is 0 Å². The zero-order chi connectivity index (χ0) is 14.5. The molecule has 3 fully saturated rings. The maximum Gasteiger partial charge on any atom is 0.0936 e. The van der Waals surface area contributed by atoms with Crippen molar-refractivity contribution in [1.82, 2.24) is 10.2 Å². The van der Waals surface area contributed by atoms with Crippen molar-refractivity contribution in [2.45, 2.75) is 63.6 Å². The number of rotatable bonds is 4. The number of piperazine rings is 1. The molecule has 1 N–H and O–H groups in total. The highest BCUT2D eigenvalue weighted by Gasteiger charge is 2.33. The number of hydrogen-bond donors (Lipinski definition) is 1. The van der Waals surface area contributed by atoms with Gasteiger partial charge in [0, 0.05) is 31.7 Å². The molecule has 0 spiro atoms. The molecule has 0 aromatic carbocycles. The minimum Gasteiger partial charge on any atom is -0.376 e. The summed E-state index contributed by atoms with van der Waals surface area (Å²) in [6, 6.07) is 1.35. The normalized spacial score (nSPS) is 36.7. The van der Waals surface area contributed by atoms with Crippen molar-refractivity contribution in [3.8, 4) is 0 Å². The van der Waals surface area contributed by atoms with Gasteiger partial charge in [-0.1, -0.05) is 26.2 Å². The molecule has 2 heterocycles. The predicted octanol–water partition coefficient (Wildman–Crippen LogP) is 2.03. The fraction of sp³-hybridized carbons (Fsp3) is 1.00. The number of hydrogen-bond acceptors (Lipinski definition) is 4. The molecule has 0 bridgehead atoms. The van der Waals surface area contributed by atoms with Gasteiger partial charge in [-0.05, 0) is 25.2 Å². The van der Waals surface area contributed by atoms with E-state index in [9.17, 15) is 0 Å². The summed E-state index contributed by atoms with van der Waals surface area (Å²) < 4.78 is 11.4. The average Bonchev–Trinajstić information content (AvgIpc) is 2.56. The Morgan fingerprint density at radius 2 is 2.00 bits per heavy atom. The molecular formula is C17H32N2O2. The van der Waals surface area contributed by atoms with E-state index >= 15 is 0 Å². The standard InChI is InChI=1S/C17H32N2O2/c1-2-15-10-18-17(14-6-4-3-5-7-14)12-19(15)11-16-13-20-8-9-21-16/h14-18H,2-13H2,1H3. The van der Waals surface area contributed by atoms with E-state index in [1.54, 1.807) is 0 Å². The van der Waals surface area contributed by atoms with Crippen LogP contribution in [0.4, 0.5) is 0 Å². The van der Waals surface area contributed by atoms with Crippen LogP contribution in [0.25, 0.3) is 0 Å². The van der Waals surface area contributed by atoms with Crippen molar-refractivity contribution < 1.29 is 9.47 Å².